The minimum Gasteiger partial charge on any atom is -0.491 e. The Balaban J connectivity index is 2.03. The van der Waals surface area contributed by atoms with E-state index in [1.165, 1.54) is 18.8 Å². The van der Waals surface area contributed by atoms with Crippen LogP contribution >= 0.6 is 11.8 Å². The molecule has 0 aliphatic heterocycles. The lowest BCUT2D eigenvalue weighted by atomic mass is 10.3. The van der Waals surface area contributed by atoms with E-state index < -0.39 is 15.9 Å². The van der Waals surface area contributed by atoms with Gasteiger partial charge in [-0.15, -0.1) is 11.8 Å². The first-order valence-corrected chi connectivity index (χ1v) is 11.1. The van der Waals surface area contributed by atoms with Crippen LogP contribution in [0, 0.1) is 0 Å². The van der Waals surface area contributed by atoms with Crippen molar-refractivity contribution >= 4 is 33.4 Å². The fourth-order valence-electron chi connectivity index (χ4n) is 2.33. The van der Waals surface area contributed by atoms with Gasteiger partial charge in [-0.05, 0) is 56.5 Å². The molecule has 2 rings (SSSR count). The van der Waals surface area contributed by atoms with Gasteiger partial charge in [-0.1, -0.05) is 6.07 Å². The van der Waals surface area contributed by atoms with Gasteiger partial charge in [0, 0.05) is 23.7 Å². The van der Waals surface area contributed by atoms with Crippen molar-refractivity contribution in [3.8, 4) is 5.75 Å². The summed E-state index contributed by atoms with van der Waals surface area (Å²) in [6.07, 6.45) is 1.94. The van der Waals surface area contributed by atoms with Gasteiger partial charge in [0.2, 0.25) is 15.9 Å². The summed E-state index contributed by atoms with van der Waals surface area (Å²) in [4.78, 5) is 13.4. The quantitative estimate of drug-likeness (QED) is 0.677. The Kier molecular flexibility index (Phi) is 7.29. The van der Waals surface area contributed by atoms with E-state index in [1.54, 1.807) is 48.5 Å². The third-order valence-electron chi connectivity index (χ3n) is 3.62. The molecule has 0 bridgehead atoms. The molecule has 8 heteroatoms. The number of likely N-dealkylation sites (N-methyl/N-ethyl adjacent to an activating group) is 1. The molecule has 0 saturated heterocycles. The Bertz CT molecular complexity index is 881. The molecule has 0 fully saturated rings. The number of carbonyl (C=O) groups excluding carboxylic acids is 1. The van der Waals surface area contributed by atoms with Crippen LogP contribution in [-0.2, 0) is 14.8 Å². The SMILES string of the molecule is CSc1ccc(S(=O)(=O)N(C)CC(=O)Nc2cccc(OC(C)C)c2)cc1. The first-order valence-electron chi connectivity index (χ1n) is 8.39. The second-order valence-electron chi connectivity index (χ2n) is 6.18. The fourth-order valence-corrected chi connectivity index (χ4v) is 3.87. The van der Waals surface area contributed by atoms with E-state index >= 15 is 0 Å². The summed E-state index contributed by atoms with van der Waals surface area (Å²) in [5, 5.41) is 2.70. The number of ether oxygens (including phenoxy) is 1. The topological polar surface area (TPSA) is 75.7 Å². The smallest absolute Gasteiger partial charge is 0.243 e. The summed E-state index contributed by atoms with van der Waals surface area (Å²) in [5.74, 6) is 0.209. The van der Waals surface area contributed by atoms with Gasteiger partial charge in [0.25, 0.3) is 0 Å². The maximum atomic E-state index is 12.6. The highest BCUT2D eigenvalue weighted by Crippen LogP contribution is 2.21. The number of hydrogen-bond acceptors (Lipinski definition) is 5. The van der Waals surface area contributed by atoms with Gasteiger partial charge in [0.05, 0.1) is 17.5 Å². The van der Waals surface area contributed by atoms with Gasteiger partial charge in [-0.2, -0.15) is 4.31 Å². The molecule has 0 aliphatic rings. The molecule has 0 aliphatic carbocycles. The first kappa shape index (κ1) is 21.3. The molecule has 0 atom stereocenters. The van der Waals surface area contributed by atoms with E-state index in [0.29, 0.717) is 11.4 Å². The Morgan fingerprint density at radius 2 is 1.85 bits per heavy atom. The number of nitrogens with zero attached hydrogens (tertiary/aromatic N) is 1. The van der Waals surface area contributed by atoms with Gasteiger partial charge in [-0.25, -0.2) is 8.42 Å². The molecular weight excluding hydrogens is 384 g/mol. The van der Waals surface area contributed by atoms with Crippen molar-refractivity contribution in [2.45, 2.75) is 29.7 Å². The number of carbonyl (C=O) groups is 1. The van der Waals surface area contributed by atoms with Crippen molar-refractivity contribution in [2.75, 3.05) is 25.2 Å². The minimum absolute atomic E-state index is 0.0183. The molecule has 146 valence electrons. The van der Waals surface area contributed by atoms with Crippen molar-refractivity contribution in [1.29, 1.82) is 0 Å². The monoisotopic (exact) mass is 408 g/mol. The van der Waals surface area contributed by atoms with Gasteiger partial charge in [0.1, 0.15) is 5.75 Å². The molecule has 0 aromatic heterocycles. The molecule has 0 unspecified atom stereocenters. The van der Waals surface area contributed by atoms with Gasteiger partial charge in [0.15, 0.2) is 0 Å². The number of sulfonamides is 1. The Labute approximate surface area is 165 Å². The van der Waals surface area contributed by atoms with Crippen LogP contribution in [0.3, 0.4) is 0 Å². The highest BCUT2D eigenvalue weighted by molar-refractivity contribution is 7.98. The van der Waals surface area contributed by atoms with E-state index in [4.69, 9.17) is 4.74 Å². The zero-order chi connectivity index (χ0) is 20.0. The predicted octanol–water partition coefficient (Wildman–Crippen LogP) is 3.45. The molecule has 6 nitrogen and oxygen atoms in total. The lowest BCUT2D eigenvalue weighted by Crippen LogP contribution is -2.34. The van der Waals surface area contributed by atoms with Crippen LogP contribution in [0.2, 0.25) is 0 Å². The molecular formula is C19H24N2O4S2. The zero-order valence-corrected chi connectivity index (χ0v) is 17.4. The molecule has 0 saturated carbocycles. The zero-order valence-electron chi connectivity index (χ0n) is 15.8. The summed E-state index contributed by atoms with van der Waals surface area (Å²) in [6.45, 7) is 3.54. The summed E-state index contributed by atoms with van der Waals surface area (Å²) < 4.78 is 31.9. The molecule has 0 heterocycles. The van der Waals surface area contributed by atoms with Crippen LogP contribution in [0.1, 0.15) is 13.8 Å². The number of rotatable bonds is 8. The summed E-state index contributed by atoms with van der Waals surface area (Å²) >= 11 is 1.53. The molecule has 1 N–H and O–H groups in total. The Hall–Kier alpha value is -2.03. The first-order chi connectivity index (χ1) is 12.7. The number of benzene rings is 2. The largest absolute Gasteiger partial charge is 0.491 e. The van der Waals surface area contributed by atoms with E-state index in [9.17, 15) is 13.2 Å². The maximum Gasteiger partial charge on any atom is 0.243 e. The lowest BCUT2D eigenvalue weighted by molar-refractivity contribution is -0.116. The second-order valence-corrected chi connectivity index (χ2v) is 9.10. The van der Waals surface area contributed by atoms with Crippen LogP contribution in [0.25, 0.3) is 0 Å². The molecule has 2 aromatic carbocycles. The second kappa shape index (κ2) is 9.25. The van der Waals surface area contributed by atoms with Crippen LogP contribution in [0.15, 0.2) is 58.3 Å². The van der Waals surface area contributed by atoms with Gasteiger partial charge >= 0.3 is 0 Å². The third kappa shape index (κ3) is 5.98. The number of nitrogens with one attached hydrogen (secondary N) is 1. The van der Waals surface area contributed by atoms with Crippen molar-refractivity contribution in [3.63, 3.8) is 0 Å². The highest BCUT2D eigenvalue weighted by atomic mass is 32.2. The molecule has 27 heavy (non-hydrogen) atoms. The van der Waals surface area contributed by atoms with Crippen molar-refractivity contribution in [2.24, 2.45) is 0 Å². The van der Waals surface area contributed by atoms with Crippen molar-refractivity contribution < 1.29 is 17.9 Å². The number of thioether (sulfide) groups is 1. The predicted molar refractivity (Wildman–Crippen MR) is 109 cm³/mol. The Morgan fingerprint density at radius 3 is 2.44 bits per heavy atom. The van der Waals surface area contributed by atoms with Gasteiger partial charge < -0.3 is 10.1 Å². The summed E-state index contributed by atoms with van der Waals surface area (Å²) in [7, 11) is -2.35. The van der Waals surface area contributed by atoms with Crippen LogP contribution in [-0.4, -0.2) is 44.6 Å². The summed E-state index contributed by atoms with van der Waals surface area (Å²) in [6, 6.07) is 13.6. The summed E-state index contributed by atoms with van der Waals surface area (Å²) in [5.41, 5.74) is 0.549. The Morgan fingerprint density at radius 1 is 1.19 bits per heavy atom. The lowest BCUT2D eigenvalue weighted by Gasteiger charge is -2.17. The molecule has 2 aromatic rings. The molecule has 1 amide bonds. The van der Waals surface area contributed by atoms with Crippen LogP contribution in [0.4, 0.5) is 5.69 Å². The molecule has 0 spiro atoms. The van der Waals surface area contributed by atoms with Crippen LogP contribution in [0.5, 0.6) is 5.75 Å². The van der Waals surface area contributed by atoms with E-state index in [-0.39, 0.29) is 17.5 Å². The maximum absolute atomic E-state index is 12.6. The average molecular weight is 409 g/mol. The molecule has 0 radical (unpaired) electrons. The number of amides is 1. The van der Waals surface area contributed by atoms with E-state index in [2.05, 4.69) is 5.32 Å². The van der Waals surface area contributed by atoms with Crippen LogP contribution < -0.4 is 10.1 Å². The normalized spacial score (nSPS) is 11.6. The standard InChI is InChI=1S/C19H24N2O4S2/c1-14(2)25-16-7-5-6-15(12-16)20-19(22)13-21(3)27(23,24)18-10-8-17(26-4)9-11-18/h5-12,14H,13H2,1-4H3,(H,20,22). The van der Waals surface area contributed by atoms with E-state index in [1.807, 2.05) is 20.1 Å². The van der Waals surface area contributed by atoms with Gasteiger partial charge in [-0.3, -0.25) is 4.79 Å². The minimum atomic E-state index is -3.74. The number of hydrogen-bond donors (Lipinski definition) is 1. The highest BCUT2D eigenvalue weighted by Gasteiger charge is 2.23. The third-order valence-corrected chi connectivity index (χ3v) is 6.18. The van der Waals surface area contributed by atoms with Crippen molar-refractivity contribution in [1.82, 2.24) is 4.31 Å². The van der Waals surface area contributed by atoms with Crippen molar-refractivity contribution in [3.05, 3.63) is 48.5 Å². The van der Waals surface area contributed by atoms with E-state index in [0.717, 1.165) is 9.20 Å². The fraction of sp³-hybridized carbons (Fsp3) is 0.316. The number of anilines is 1. The average Bonchev–Trinajstić information content (AvgIpc) is 2.61.